The Kier molecular flexibility index (Phi) is 7.86. The highest BCUT2D eigenvalue weighted by atomic mass is 35.5. The van der Waals surface area contributed by atoms with Crippen molar-refractivity contribution in [3.8, 4) is 0 Å². The molecule has 0 aliphatic heterocycles. The van der Waals surface area contributed by atoms with Crippen LogP contribution in [0.5, 0.6) is 0 Å². The maximum absolute atomic E-state index is 12.3. The van der Waals surface area contributed by atoms with Gasteiger partial charge in [-0.2, -0.15) is 0 Å². The van der Waals surface area contributed by atoms with Gasteiger partial charge in [-0.15, -0.1) is 0 Å². The molecule has 2 amide bonds. The number of halogens is 2. The van der Waals surface area contributed by atoms with Crippen LogP contribution in [-0.4, -0.2) is 29.3 Å². The zero-order chi connectivity index (χ0) is 17.6. The summed E-state index contributed by atoms with van der Waals surface area (Å²) in [5.74, 6) is 0.125. The number of nitrogens with zero attached hydrogens (tertiary/aromatic N) is 1. The maximum atomic E-state index is 12.3. The summed E-state index contributed by atoms with van der Waals surface area (Å²) < 4.78 is 0. The molecule has 128 valence electrons. The smallest absolute Gasteiger partial charge is 0.242 e. The first-order valence-electron chi connectivity index (χ1n) is 7.77. The number of benzene rings is 1. The average Bonchev–Trinajstić information content (AvgIpc) is 2.52. The molecular formula is C17H24Cl2N2O2. The lowest BCUT2D eigenvalue weighted by Crippen LogP contribution is -2.48. The van der Waals surface area contributed by atoms with E-state index in [1.165, 1.54) is 0 Å². The number of hydrogen-bond acceptors (Lipinski definition) is 2. The topological polar surface area (TPSA) is 49.4 Å². The minimum absolute atomic E-state index is 0.0803. The van der Waals surface area contributed by atoms with E-state index in [0.717, 1.165) is 5.56 Å². The molecule has 23 heavy (non-hydrogen) atoms. The molecule has 1 rings (SSSR count). The summed E-state index contributed by atoms with van der Waals surface area (Å²) in [6.07, 6.45) is 0.336. The van der Waals surface area contributed by atoms with Crippen molar-refractivity contribution in [2.24, 2.45) is 5.92 Å². The Hall–Kier alpha value is -1.26. The SMILES string of the molecule is CCC(=O)N(Cc1ccc(Cl)c(Cl)c1)C(C)C(=O)NCC(C)C. The van der Waals surface area contributed by atoms with Crippen LogP contribution >= 0.6 is 23.2 Å². The van der Waals surface area contributed by atoms with Gasteiger partial charge in [-0.1, -0.05) is 50.0 Å². The Balaban J connectivity index is 2.88. The molecule has 0 saturated heterocycles. The molecule has 1 aromatic carbocycles. The molecule has 1 aromatic rings. The Morgan fingerprint density at radius 3 is 2.35 bits per heavy atom. The summed E-state index contributed by atoms with van der Waals surface area (Å²) in [5.41, 5.74) is 0.838. The van der Waals surface area contributed by atoms with Gasteiger partial charge in [0.05, 0.1) is 10.0 Å². The van der Waals surface area contributed by atoms with Gasteiger partial charge in [0.15, 0.2) is 0 Å². The second kappa shape index (κ2) is 9.14. The summed E-state index contributed by atoms with van der Waals surface area (Å²) in [6, 6.07) is 4.68. The van der Waals surface area contributed by atoms with Crippen LogP contribution in [0.4, 0.5) is 0 Å². The number of nitrogens with one attached hydrogen (secondary N) is 1. The van der Waals surface area contributed by atoms with Crippen molar-refractivity contribution in [1.29, 1.82) is 0 Å². The third-order valence-corrected chi connectivity index (χ3v) is 4.23. The van der Waals surface area contributed by atoms with E-state index < -0.39 is 6.04 Å². The summed E-state index contributed by atoms with van der Waals surface area (Å²) in [4.78, 5) is 26.1. The molecule has 6 heteroatoms. The molecule has 0 radical (unpaired) electrons. The molecule has 1 N–H and O–H groups in total. The predicted octanol–water partition coefficient (Wildman–Crippen LogP) is 3.89. The van der Waals surface area contributed by atoms with Crippen molar-refractivity contribution >= 4 is 35.0 Å². The molecule has 0 bridgehead atoms. The molecule has 0 spiro atoms. The van der Waals surface area contributed by atoms with E-state index in [1.807, 2.05) is 19.9 Å². The summed E-state index contributed by atoms with van der Waals surface area (Å²) in [6.45, 7) is 8.47. The van der Waals surface area contributed by atoms with Crippen LogP contribution in [0.2, 0.25) is 10.0 Å². The molecule has 1 atom stereocenters. The minimum atomic E-state index is -0.546. The van der Waals surface area contributed by atoms with E-state index in [9.17, 15) is 9.59 Å². The highest BCUT2D eigenvalue weighted by Crippen LogP contribution is 2.23. The average molecular weight is 359 g/mol. The van der Waals surface area contributed by atoms with E-state index >= 15 is 0 Å². The van der Waals surface area contributed by atoms with E-state index in [4.69, 9.17) is 23.2 Å². The van der Waals surface area contributed by atoms with Crippen LogP contribution in [0.15, 0.2) is 18.2 Å². The lowest BCUT2D eigenvalue weighted by molar-refractivity contribution is -0.140. The van der Waals surface area contributed by atoms with Crippen molar-refractivity contribution in [2.75, 3.05) is 6.54 Å². The number of carbonyl (C=O) groups is 2. The quantitative estimate of drug-likeness (QED) is 0.803. The molecule has 4 nitrogen and oxygen atoms in total. The third kappa shape index (κ3) is 6.04. The number of carbonyl (C=O) groups excluding carboxylic acids is 2. The second-order valence-electron chi connectivity index (χ2n) is 5.94. The Morgan fingerprint density at radius 2 is 1.83 bits per heavy atom. The Morgan fingerprint density at radius 1 is 1.17 bits per heavy atom. The zero-order valence-electron chi connectivity index (χ0n) is 14.0. The van der Waals surface area contributed by atoms with E-state index in [-0.39, 0.29) is 11.8 Å². The van der Waals surface area contributed by atoms with Gasteiger partial charge in [0.2, 0.25) is 11.8 Å². The monoisotopic (exact) mass is 358 g/mol. The van der Waals surface area contributed by atoms with Gasteiger partial charge in [-0.25, -0.2) is 0 Å². The van der Waals surface area contributed by atoms with Crippen molar-refractivity contribution in [1.82, 2.24) is 10.2 Å². The molecule has 1 unspecified atom stereocenters. The molecule has 0 aliphatic rings. The molecule has 0 aliphatic carbocycles. The first-order valence-corrected chi connectivity index (χ1v) is 8.52. The highest BCUT2D eigenvalue weighted by Gasteiger charge is 2.25. The van der Waals surface area contributed by atoms with Gasteiger partial charge in [0, 0.05) is 19.5 Å². The molecule has 0 fully saturated rings. The molecule has 0 saturated carbocycles. The van der Waals surface area contributed by atoms with Gasteiger partial charge in [0.25, 0.3) is 0 Å². The highest BCUT2D eigenvalue weighted by molar-refractivity contribution is 6.42. The molecule has 0 heterocycles. The van der Waals surface area contributed by atoms with Crippen molar-refractivity contribution in [3.63, 3.8) is 0 Å². The molecule has 0 aromatic heterocycles. The van der Waals surface area contributed by atoms with Gasteiger partial charge in [0.1, 0.15) is 6.04 Å². The van der Waals surface area contributed by atoms with Crippen LogP contribution in [0.1, 0.15) is 39.7 Å². The predicted molar refractivity (Wildman–Crippen MR) is 94.6 cm³/mol. The first kappa shape index (κ1) is 19.8. The first-order chi connectivity index (χ1) is 10.8. The minimum Gasteiger partial charge on any atom is -0.354 e. The maximum Gasteiger partial charge on any atom is 0.242 e. The largest absolute Gasteiger partial charge is 0.354 e. The second-order valence-corrected chi connectivity index (χ2v) is 6.75. The van der Waals surface area contributed by atoms with E-state index in [0.29, 0.717) is 35.5 Å². The van der Waals surface area contributed by atoms with Gasteiger partial charge >= 0.3 is 0 Å². The summed E-state index contributed by atoms with van der Waals surface area (Å²) in [7, 11) is 0. The lowest BCUT2D eigenvalue weighted by atomic mass is 10.1. The normalized spacial score (nSPS) is 12.1. The van der Waals surface area contributed by atoms with E-state index in [1.54, 1.807) is 30.9 Å². The van der Waals surface area contributed by atoms with Crippen LogP contribution in [-0.2, 0) is 16.1 Å². The number of amides is 2. The van der Waals surface area contributed by atoms with Crippen molar-refractivity contribution < 1.29 is 9.59 Å². The van der Waals surface area contributed by atoms with Crippen LogP contribution < -0.4 is 5.32 Å². The fourth-order valence-corrected chi connectivity index (χ4v) is 2.39. The Labute approximate surface area is 148 Å². The Bertz CT molecular complexity index is 562. The lowest BCUT2D eigenvalue weighted by Gasteiger charge is -2.28. The standard InChI is InChI=1S/C17H24Cl2N2O2/c1-5-16(22)21(12(4)17(23)20-9-11(2)3)10-13-6-7-14(18)15(19)8-13/h6-8,11-12H,5,9-10H2,1-4H3,(H,20,23). The van der Waals surface area contributed by atoms with Gasteiger partial charge in [-0.3, -0.25) is 9.59 Å². The number of hydrogen-bond donors (Lipinski definition) is 1. The van der Waals surface area contributed by atoms with E-state index in [2.05, 4.69) is 5.32 Å². The van der Waals surface area contributed by atoms with Crippen LogP contribution in [0.25, 0.3) is 0 Å². The van der Waals surface area contributed by atoms with Crippen LogP contribution in [0.3, 0.4) is 0 Å². The third-order valence-electron chi connectivity index (χ3n) is 3.49. The van der Waals surface area contributed by atoms with Crippen LogP contribution in [0, 0.1) is 5.92 Å². The fourth-order valence-electron chi connectivity index (χ4n) is 2.07. The zero-order valence-corrected chi connectivity index (χ0v) is 15.5. The van der Waals surface area contributed by atoms with Crippen molar-refractivity contribution in [3.05, 3.63) is 33.8 Å². The molecular weight excluding hydrogens is 335 g/mol. The summed E-state index contributed by atoms with van der Waals surface area (Å²) >= 11 is 11.9. The van der Waals surface area contributed by atoms with Gasteiger partial charge < -0.3 is 10.2 Å². The fraction of sp³-hybridized carbons (Fsp3) is 0.529. The summed E-state index contributed by atoms with van der Waals surface area (Å²) in [5, 5.41) is 3.77. The van der Waals surface area contributed by atoms with Crippen molar-refractivity contribution in [2.45, 2.75) is 46.7 Å². The van der Waals surface area contributed by atoms with Gasteiger partial charge in [-0.05, 0) is 30.5 Å². The number of rotatable bonds is 7.